The third-order valence-electron chi connectivity index (χ3n) is 4.01. The van der Waals surface area contributed by atoms with Gasteiger partial charge in [-0.3, -0.25) is 4.90 Å². The second kappa shape index (κ2) is 6.19. The third kappa shape index (κ3) is 3.37. The Labute approximate surface area is 143 Å². The monoisotopic (exact) mass is 325 g/mol. The number of hydrogen-bond donors (Lipinski definition) is 0. The lowest BCUT2D eigenvalue weighted by atomic mass is 10.0. The molecule has 0 radical (unpaired) electrons. The molecule has 0 saturated heterocycles. The van der Waals surface area contributed by atoms with Gasteiger partial charge in [0, 0.05) is 6.54 Å². The van der Waals surface area contributed by atoms with Crippen LogP contribution in [-0.2, 0) is 11.2 Å². The van der Waals surface area contributed by atoms with Crippen molar-refractivity contribution in [2.24, 2.45) is 0 Å². The fourth-order valence-electron chi connectivity index (χ4n) is 2.87. The number of carbonyl (C=O) groups is 1. The van der Waals surface area contributed by atoms with Crippen LogP contribution in [0.25, 0.3) is 11.1 Å². The lowest BCUT2D eigenvalue weighted by molar-refractivity contribution is 0.0584. The molecular formula is C20H23NO3. The van der Waals surface area contributed by atoms with Crippen molar-refractivity contribution in [2.75, 3.05) is 18.6 Å². The van der Waals surface area contributed by atoms with Crippen LogP contribution in [0.5, 0.6) is 5.75 Å². The van der Waals surface area contributed by atoms with Gasteiger partial charge in [0.05, 0.1) is 12.8 Å². The highest BCUT2D eigenvalue weighted by Gasteiger charge is 2.28. The fourth-order valence-corrected chi connectivity index (χ4v) is 2.87. The third-order valence-corrected chi connectivity index (χ3v) is 4.01. The first kappa shape index (κ1) is 16.4. The summed E-state index contributed by atoms with van der Waals surface area (Å²) in [5, 5.41) is 0. The van der Waals surface area contributed by atoms with Crippen molar-refractivity contribution in [2.45, 2.75) is 32.8 Å². The van der Waals surface area contributed by atoms with Crippen LogP contribution in [0.1, 0.15) is 26.3 Å². The van der Waals surface area contributed by atoms with Crippen molar-refractivity contribution in [3.63, 3.8) is 0 Å². The Bertz CT molecular complexity index is 744. The van der Waals surface area contributed by atoms with Crippen molar-refractivity contribution in [1.82, 2.24) is 0 Å². The quantitative estimate of drug-likeness (QED) is 0.806. The van der Waals surface area contributed by atoms with Gasteiger partial charge >= 0.3 is 6.09 Å². The zero-order valence-electron chi connectivity index (χ0n) is 14.6. The molecule has 0 spiro atoms. The van der Waals surface area contributed by atoms with E-state index < -0.39 is 5.60 Å². The number of fused-ring (bicyclic) bond motifs is 1. The molecular weight excluding hydrogens is 302 g/mol. The molecule has 2 aromatic carbocycles. The van der Waals surface area contributed by atoms with E-state index in [4.69, 9.17) is 9.47 Å². The van der Waals surface area contributed by atoms with Crippen molar-refractivity contribution in [1.29, 1.82) is 0 Å². The molecule has 1 heterocycles. The first-order valence-corrected chi connectivity index (χ1v) is 8.15. The Morgan fingerprint density at radius 2 is 1.71 bits per heavy atom. The number of ether oxygens (including phenoxy) is 2. The molecule has 0 N–H and O–H groups in total. The van der Waals surface area contributed by atoms with Gasteiger partial charge in [-0.2, -0.15) is 0 Å². The first-order valence-electron chi connectivity index (χ1n) is 8.15. The van der Waals surface area contributed by atoms with Crippen LogP contribution >= 0.6 is 0 Å². The van der Waals surface area contributed by atoms with Crippen LogP contribution in [-0.4, -0.2) is 25.3 Å². The van der Waals surface area contributed by atoms with E-state index in [1.165, 1.54) is 5.56 Å². The average Bonchev–Trinajstić information content (AvgIpc) is 2.96. The second-order valence-electron chi connectivity index (χ2n) is 6.95. The SMILES string of the molecule is COc1ccc(-c2ccc3c(c2)CCN3C(=O)OC(C)(C)C)cc1. The van der Waals surface area contributed by atoms with Crippen LogP contribution in [0.4, 0.5) is 10.5 Å². The maximum absolute atomic E-state index is 12.3. The Balaban J connectivity index is 1.83. The molecule has 0 aromatic heterocycles. The minimum atomic E-state index is -0.483. The molecule has 1 aliphatic rings. The molecule has 0 fully saturated rings. The van der Waals surface area contributed by atoms with Gasteiger partial charge < -0.3 is 9.47 Å². The fraction of sp³-hybridized carbons (Fsp3) is 0.350. The number of hydrogen-bond acceptors (Lipinski definition) is 3. The lowest BCUT2D eigenvalue weighted by Gasteiger charge is -2.24. The van der Waals surface area contributed by atoms with Gasteiger partial charge in [-0.25, -0.2) is 4.79 Å². The predicted octanol–water partition coefficient (Wildman–Crippen LogP) is 4.66. The molecule has 24 heavy (non-hydrogen) atoms. The van der Waals surface area contributed by atoms with E-state index in [0.29, 0.717) is 6.54 Å². The molecule has 0 aliphatic carbocycles. The van der Waals surface area contributed by atoms with Gasteiger partial charge in [-0.15, -0.1) is 0 Å². The molecule has 0 saturated carbocycles. The van der Waals surface area contributed by atoms with Crippen molar-refractivity contribution in [3.8, 4) is 16.9 Å². The van der Waals surface area contributed by atoms with Crippen LogP contribution in [0.2, 0.25) is 0 Å². The number of methoxy groups -OCH3 is 1. The molecule has 4 nitrogen and oxygen atoms in total. The van der Waals surface area contributed by atoms with Gasteiger partial charge in [0.1, 0.15) is 11.4 Å². The van der Waals surface area contributed by atoms with E-state index in [-0.39, 0.29) is 6.09 Å². The normalized spacial score (nSPS) is 13.6. The zero-order chi connectivity index (χ0) is 17.3. The summed E-state index contributed by atoms with van der Waals surface area (Å²) in [6.07, 6.45) is 0.567. The number of nitrogens with zero attached hydrogens (tertiary/aromatic N) is 1. The van der Waals surface area contributed by atoms with Gasteiger partial charge in [-0.1, -0.05) is 18.2 Å². The standard InChI is InChI=1S/C20H23NO3/c1-20(2,3)24-19(22)21-12-11-16-13-15(7-10-18(16)21)14-5-8-17(23-4)9-6-14/h5-10,13H,11-12H2,1-4H3. The maximum atomic E-state index is 12.3. The number of benzene rings is 2. The molecule has 126 valence electrons. The topological polar surface area (TPSA) is 38.8 Å². The van der Waals surface area contributed by atoms with E-state index in [2.05, 4.69) is 6.07 Å². The molecule has 1 aliphatic heterocycles. The molecule has 0 unspecified atom stereocenters. The van der Waals surface area contributed by atoms with Gasteiger partial charge in [0.25, 0.3) is 0 Å². The Morgan fingerprint density at radius 3 is 2.33 bits per heavy atom. The Morgan fingerprint density at radius 1 is 1.04 bits per heavy atom. The molecule has 2 aromatic rings. The molecule has 4 heteroatoms. The van der Waals surface area contributed by atoms with Crippen LogP contribution in [0, 0.1) is 0 Å². The molecule has 1 amide bonds. The smallest absolute Gasteiger partial charge is 0.414 e. The Hall–Kier alpha value is -2.49. The number of rotatable bonds is 2. The summed E-state index contributed by atoms with van der Waals surface area (Å²) in [4.78, 5) is 14.1. The second-order valence-corrected chi connectivity index (χ2v) is 6.95. The predicted molar refractivity (Wildman–Crippen MR) is 95.7 cm³/mol. The van der Waals surface area contributed by atoms with E-state index in [0.717, 1.165) is 29.0 Å². The maximum Gasteiger partial charge on any atom is 0.414 e. The van der Waals surface area contributed by atoms with Crippen LogP contribution in [0.15, 0.2) is 42.5 Å². The highest BCUT2D eigenvalue weighted by molar-refractivity contribution is 5.91. The minimum Gasteiger partial charge on any atom is -0.497 e. The van der Waals surface area contributed by atoms with Gasteiger partial charge in [0.2, 0.25) is 0 Å². The number of amides is 1. The first-order chi connectivity index (χ1) is 11.4. The molecule has 0 atom stereocenters. The highest BCUT2D eigenvalue weighted by Crippen LogP contribution is 2.33. The van der Waals surface area contributed by atoms with Crippen molar-refractivity contribution in [3.05, 3.63) is 48.0 Å². The molecule has 3 rings (SSSR count). The lowest BCUT2D eigenvalue weighted by Crippen LogP contribution is -2.35. The van der Waals surface area contributed by atoms with Gasteiger partial charge in [0.15, 0.2) is 0 Å². The van der Waals surface area contributed by atoms with Crippen LogP contribution < -0.4 is 9.64 Å². The molecule has 0 bridgehead atoms. The summed E-state index contributed by atoms with van der Waals surface area (Å²) in [6, 6.07) is 14.2. The summed E-state index contributed by atoms with van der Waals surface area (Å²) in [6.45, 7) is 6.31. The Kier molecular flexibility index (Phi) is 4.22. The zero-order valence-corrected chi connectivity index (χ0v) is 14.6. The van der Waals surface area contributed by atoms with Gasteiger partial charge in [-0.05, 0) is 68.1 Å². The summed E-state index contributed by atoms with van der Waals surface area (Å²) >= 11 is 0. The van der Waals surface area contributed by atoms with E-state index in [1.54, 1.807) is 12.0 Å². The van der Waals surface area contributed by atoms with Crippen molar-refractivity contribution >= 4 is 11.8 Å². The highest BCUT2D eigenvalue weighted by atomic mass is 16.6. The minimum absolute atomic E-state index is 0.279. The van der Waals surface area contributed by atoms with E-state index in [1.807, 2.05) is 57.2 Å². The van der Waals surface area contributed by atoms with E-state index in [9.17, 15) is 4.79 Å². The largest absolute Gasteiger partial charge is 0.497 e. The summed E-state index contributed by atoms with van der Waals surface area (Å²) in [5.74, 6) is 0.844. The average molecular weight is 325 g/mol. The van der Waals surface area contributed by atoms with Crippen molar-refractivity contribution < 1.29 is 14.3 Å². The van der Waals surface area contributed by atoms with Crippen LogP contribution in [0.3, 0.4) is 0 Å². The summed E-state index contributed by atoms with van der Waals surface area (Å²) in [5.41, 5.74) is 3.91. The number of carbonyl (C=O) groups excluding carboxylic acids is 1. The number of anilines is 1. The van der Waals surface area contributed by atoms with E-state index >= 15 is 0 Å². The summed E-state index contributed by atoms with van der Waals surface area (Å²) in [7, 11) is 1.66. The summed E-state index contributed by atoms with van der Waals surface area (Å²) < 4.78 is 10.7.